The second kappa shape index (κ2) is 8.69. The molecule has 7 heteroatoms. The second-order valence-corrected chi connectivity index (χ2v) is 6.80. The van der Waals surface area contributed by atoms with Crippen molar-refractivity contribution in [2.24, 2.45) is 0 Å². The lowest BCUT2D eigenvalue weighted by atomic mass is 10.1. The van der Waals surface area contributed by atoms with Crippen LogP contribution in [-0.4, -0.2) is 42.3 Å². The SMILES string of the molecule is O=C(COc1ccc2c(c1)CCC2)NNC(=O)CN1CCCCCC1=O. The minimum atomic E-state index is -0.443. The van der Waals surface area contributed by atoms with Crippen molar-refractivity contribution in [2.45, 2.75) is 44.9 Å². The van der Waals surface area contributed by atoms with Gasteiger partial charge in [0.2, 0.25) is 5.91 Å². The number of nitrogens with zero attached hydrogens (tertiary/aromatic N) is 1. The van der Waals surface area contributed by atoms with Crippen molar-refractivity contribution >= 4 is 17.7 Å². The summed E-state index contributed by atoms with van der Waals surface area (Å²) in [5.41, 5.74) is 7.28. The molecule has 0 bridgehead atoms. The number of hydrogen-bond acceptors (Lipinski definition) is 4. The van der Waals surface area contributed by atoms with E-state index in [-0.39, 0.29) is 19.1 Å². The van der Waals surface area contributed by atoms with E-state index in [0.717, 1.165) is 38.5 Å². The van der Waals surface area contributed by atoms with Crippen LogP contribution in [0.4, 0.5) is 0 Å². The number of aryl methyl sites for hydroxylation is 2. The maximum Gasteiger partial charge on any atom is 0.276 e. The fourth-order valence-corrected chi connectivity index (χ4v) is 3.38. The van der Waals surface area contributed by atoms with Gasteiger partial charge in [-0.1, -0.05) is 12.5 Å². The van der Waals surface area contributed by atoms with Crippen LogP contribution in [0.25, 0.3) is 0 Å². The number of carbonyl (C=O) groups is 3. The summed E-state index contributed by atoms with van der Waals surface area (Å²) < 4.78 is 5.48. The first-order valence-corrected chi connectivity index (χ1v) is 9.22. The minimum absolute atomic E-state index is 0.0103. The van der Waals surface area contributed by atoms with Gasteiger partial charge in [0.1, 0.15) is 12.3 Å². The first-order chi connectivity index (χ1) is 12.6. The predicted octanol–water partition coefficient (Wildman–Crippen LogP) is 1.10. The number of likely N-dealkylation sites (tertiary alicyclic amines) is 1. The average Bonchev–Trinajstić information content (AvgIpc) is 3.02. The molecule has 26 heavy (non-hydrogen) atoms. The Morgan fingerprint density at radius 1 is 0.962 bits per heavy atom. The van der Waals surface area contributed by atoms with Gasteiger partial charge in [-0.05, 0) is 55.4 Å². The predicted molar refractivity (Wildman–Crippen MR) is 95.3 cm³/mol. The van der Waals surface area contributed by atoms with E-state index in [4.69, 9.17) is 4.74 Å². The molecule has 0 saturated carbocycles. The number of rotatable bonds is 5. The Balaban J connectivity index is 1.38. The topological polar surface area (TPSA) is 87.7 Å². The van der Waals surface area contributed by atoms with Crippen molar-refractivity contribution < 1.29 is 19.1 Å². The van der Waals surface area contributed by atoms with Crippen LogP contribution in [0.1, 0.15) is 43.2 Å². The van der Waals surface area contributed by atoms with Crippen molar-refractivity contribution in [2.75, 3.05) is 19.7 Å². The molecule has 1 aliphatic carbocycles. The van der Waals surface area contributed by atoms with Gasteiger partial charge in [-0.2, -0.15) is 0 Å². The molecule has 0 atom stereocenters. The number of benzene rings is 1. The average molecular weight is 359 g/mol. The summed E-state index contributed by atoms with van der Waals surface area (Å²) in [6, 6.07) is 5.87. The van der Waals surface area contributed by atoms with Crippen LogP contribution in [0.2, 0.25) is 0 Å². The van der Waals surface area contributed by atoms with E-state index in [1.165, 1.54) is 16.0 Å². The number of ether oxygens (including phenoxy) is 1. The molecule has 0 unspecified atom stereocenters. The van der Waals surface area contributed by atoms with E-state index in [1.54, 1.807) is 0 Å². The summed E-state index contributed by atoms with van der Waals surface area (Å²) in [5, 5.41) is 0. The molecule has 140 valence electrons. The van der Waals surface area contributed by atoms with Gasteiger partial charge in [0.25, 0.3) is 11.8 Å². The van der Waals surface area contributed by atoms with Crippen LogP contribution in [0, 0.1) is 0 Å². The summed E-state index contributed by atoms with van der Waals surface area (Å²) in [4.78, 5) is 37.2. The molecule has 1 heterocycles. The van der Waals surface area contributed by atoms with Gasteiger partial charge in [-0.25, -0.2) is 0 Å². The Morgan fingerprint density at radius 3 is 2.65 bits per heavy atom. The van der Waals surface area contributed by atoms with Crippen LogP contribution < -0.4 is 15.6 Å². The van der Waals surface area contributed by atoms with E-state index in [0.29, 0.717) is 18.7 Å². The Kier molecular flexibility index (Phi) is 6.09. The van der Waals surface area contributed by atoms with Gasteiger partial charge in [0.05, 0.1) is 0 Å². The number of amides is 3. The highest BCUT2D eigenvalue weighted by molar-refractivity contribution is 5.87. The van der Waals surface area contributed by atoms with E-state index in [2.05, 4.69) is 10.9 Å². The molecular formula is C19H25N3O4. The molecule has 1 fully saturated rings. The highest BCUT2D eigenvalue weighted by Gasteiger charge is 2.19. The molecule has 7 nitrogen and oxygen atoms in total. The first-order valence-electron chi connectivity index (χ1n) is 9.22. The van der Waals surface area contributed by atoms with Crippen LogP contribution in [0.5, 0.6) is 5.75 Å². The highest BCUT2D eigenvalue weighted by atomic mass is 16.5. The monoisotopic (exact) mass is 359 g/mol. The van der Waals surface area contributed by atoms with Crippen molar-refractivity contribution in [1.82, 2.24) is 15.8 Å². The summed E-state index contributed by atoms with van der Waals surface area (Å²) >= 11 is 0. The van der Waals surface area contributed by atoms with Crippen LogP contribution in [-0.2, 0) is 27.2 Å². The van der Waals surface area contributed by atoms with Gasteiger partial charge < -0.3 is 9.64 Å². The maximum absolute atomic E-state index is 11.9. The third kappa shape index (κ3) is 4.97. The lowest BCUT2D eigenvalue weighted by Gasteiger charge is -2.19. The second-order valence-electron chi connectivity index (χ2n) is 6.80. The number of fused-ring (bicyclic) bond motifs is 1. The number of hydrazine groups is 1. The molecular weight excluding hydrogens is 334 g/mol. The normalized spacial score (nSPS) is 16.6. The lowest BCUT2D eigenvalue weighted by molar-refractivity contribution is -0.136. The molecule has 3 rings (SSSR count). The van der Waals surface area contributed by atoms with Gasteiger partial charge in [-0.3, -0.25) is 25.2 Å². The Hall–Kier alpha value is -2.57. The van der Waals surface area contributed by atoms with Gasteiger partial charge >= 0.3 is 0 Å². The van der Waals surface area contributed by atoms with Crippen molar-refractivity contribution in [3.05, 3.63) is 29.3 Å². The molecule has 0 spiro atoms. The third-order valence-electron chi connectivity index (χ3n) is 4.79. The Morgan fingerprint density at radius 2 is 1.77 bits per heavy atom. The van der Waals surface area contributed by atoms with Crippen LogP contribution in [0.15, 0.2) is 18.2 Å². The number of nitrogens with one attached hydrogen (secondary N) is 2. The zero-order chi connectivity index (χ0) is 18.4. The zero-order valence-corrected chi connectivity index (χ0v) is 14.9. The molecule has 1 saturated heterocycles. The quantitative estimate of drug-likeness (QED) is 0.771. The minimum Gasteiger partial charge on any atom is -0.484 e. The van der Waals surface area contributed by atoms with E-state index < -0.39 is 11.8 Å². The van der Waals surface area contributed by atoms with Crippen molar-refractivity contribution in [1.29, 1.82) is 0 Å². The molecule has 1 aromatic carbocycles. The summed E-state index contributed by atoms with van der Waals surface area (Å²) in [6.07, 6.45) is 6.55. The Bertz CT molecular complexity index is 689. The summed E-state index contributed by atoms with van der Waals surface area (Å²) in [5.74, 6) is -0.210. The Labute approximate surface area is 153 Å². The molecule has 1 aromatic rings. The van der Waals surface area contributed by atoms with Crippen molar-refractivity contribution in [3.63, 3.8) is 0 Å². The first kappa shape index (κ1) is 18.2. The molecule has 0 radical (unpaired) electrons. The third-order valence-corrected chi connectivity index (χ3v) is 4.79. The standard InChI is InChI=1S/C19H25N3O4/c23-17(12-22-10-3-1-2-7-19(22)25)20-21-18(24)13-26-16-9-8-14-5-4-6-15(14)11-16/h8-9,11H,1-7,10,12-13H2,(H,20,23)(H,21,24). The van der Waals surface area contributed by atoms with E-state index in [9.17, 15) is 14.4 Å². The highest BCUT2D eigenvalue weighted by Crippen LogP contribution is 2.25. The fraction of sp³-hybridized carbons (Fsp3) is 0.526. The number of hydrogen-bond donors (Lipinski definition) is 2. The molecule has 2 aliphatic rings. The summed E-state index contributed by atoms with van der Waals surface area (Å²) in [7, 11) is 0. The smallest absolute Gasteiger partial charge is 0.276 e. The van der Waals surface area contributed by atoms with Gasteiger partial charge in [0, 0.05) is 13.0 Å². The lowest BCUT2D eigenvalue weighted by Crippen LogP contribution is -2.48. The summed E-state index contributed by atoms with van der Waals surface area (Å²) in [6.45, 7) is 0.369. The van der Waals surface area contributed by atoms with E-state index >= 15 is 0 Å². The fourth-order valence-electron chi connectivity index (χ4n) is 3.38. The van der Waals surface area contributed by atoms with Crippen molar-refractivity contribution in [3.8, 4) is 5.75 Å². The van der Waals surface area contributed by atoms with Crippen LogP contribution in [0.3, 0.4) is 0 Å². The molecule has 2 N–H and O–H groups in total. The maximum atomic E-state index is 11.9. The number of carbonyl (C=O) groups excluding carboxylic acids is 3. The largest absolute Gasteiger partial charge is 0.484 e. The molecule has 3 amide bonds. The molecule has 1 aliphatic heterocycles. The van der Waals surface area contributed by atoms with Gasteiger partial charge in [0.15, 0.2) is 6.61 Å². The zero-order valence-electron chi connectivity index (χ0n) is 14.9. The van der Waals surface area contributed by atoms with Gasteiger partial charge in [-0.15, -0.1) is 0 Å². The van der Waals surface area contributed by atoms with Crippen LogP contribution >= 0.6 is 0 Å². The molecule has 0 aromatic heterocycles. The van der Waals surface area contributed by atoms with E-state index in [1.807, 2.05) is 18.2 Å².